The molecule has 1 heterocycles. The van der Waals surface area contributed by atoms with Crippen LogP contribution in [0.4, 0.5) is 10.5 Å². The summed E-state index contributed by atoms with van der Waals surface area (Å²) in [6.45, 7) is 3.28. The largest absolute Gasteiger partial charge is 0.368 e. The number of Topliss-reactive ketones (excluding diaryl/α,β-unsaturated/α-hetero) is 1. The minimum Gasteiger partial charge on any atom is -0.326 e. The second-order valence-electron chi connectivity index (χ2n) is 4.29. The quantitative estimate of drug-likeness (QED) is 0.800. The second kappa shape index (κ2) is 5.09. The van der Waals surface area contributed by atoms with Gasteiger partial charge in [0.15, 0.2) is 0 Å². The minimum absolute atomic E-state index is 0.168. The van der Waals surface area contributed by atoms with Crippen LogP contribution >= 0.6 is 0 Å². The number of urea groups is 1. The van der Waals surface area contributed by atoms with Gasteiger partial charge in [-0.15, -0.1) is 0 Å². The number of hydrogen-bond acceptors (Lipinski definition) is 3. The van der Waals surface area contributed by atoms with E-state index in [4.69, 9.17) is 0 Å². The van der Waals surface area contributed by atoms with Gasteiger partial charge in [0.25, 0.3) is 0 Å². The van der Waals surface area contributed by atoms with Crippen molar-refractivity contribution in [1.82, 2.24) is 0 Å². The van der Waals surface area contributed by atoms with Gasteiger partial charge in [-0.2, -0.15) is 9.98 Å². The summed E-state index contributed by atoms with van der Waals surface area (Å²) in [5.74, 6) is -0.583. The van der Waals surface area contributed by atoms with E-state index in [0.29, 0.717) is 22.8 Å². The van der Waals surface area contributed by atoms with E-state index in [2.05, 4.69) is 15.3 Å². The van der Waals surface area contributed by atoms with E-state index in [1.54, 1.807) is 12.1 Å². The topological polar surface area (TPSA) is 88.0 Å². The van der Waals surface area contributed by atoms with Crippen LogP contribution < -0.4 is 16.0 Å². The van der Waals surface area contributed by atoms with Gasteiger partial charge >= 0.3 is 6.03 Å². The van der Waals surface area contributed by atoms with Crippen LogP contribution in [0.3, 0.4) is 0 Å². The molecule has 0 radical (unpaired) electrons. The van der Waals surface area contributed by atoms with Crippen molar-refractivity contribution in [3.05, 3.63) is 28.4 Å². The molecule has 6 nitrogen and oxygen atoms in total. The summed E-state index contributed by atoms with van der Waals surface area (Å²) in [7, 11) is 0. The summed E-state index contributed by atoms with van der Waals surface area (Å²) in [5, 5.41) is 3.65. The lowest BCUT2D eigenvalue weighted by molar-refractivity contribution is -0.124. The number of nitrogens with zero attached hydrogens (tertiary/aromatic N) is 2. The Bertz CT molecular complexity index is 692. The molecule has 1 aromatic carbocycles. The van der Waals surface area contributed by atoms with Crippen molar-refractivity contribution >= 4 is 23.4 Å². The predicted molar refractivity (Wildman–Crippen MR) is 67.5 cm³/mol. The van der Waals surface area contributed by atoms with E-state index < -0.39 is 6.03 Å². The first-order chi connectivity index (χ1) is 8.99. The fourth-order valence-electron chi connectivity index (χ4n) is 1.89. The molecule has 0 aliphatic carbocycles. The van der Waals surface area contributed by atoms with Crippen LogP contribution in [0.5, 0.6) is 0 Å². The lowest BCUT2D eigenvalue weighted by Crippen LogP contribution is -2.27. The monoisotopic (exact) mass is 259 g/mol. The molecule has 1 aliphatic heterocycles. The average molecular weight is 259 g/mol. The standard InChI is InChI=1S/C13H13N3O3/c1-3-8-5-9(14-11(18)4-7(2)17)6-10-12(8)16-13(19)15-10/h5-6H,3-4H2,1-2H3,(H,14,18). The Labute approximate surface area is 109 Å². The fourth-order valence-corrected chi connectivity index (χ4v) is 1.89. The molecule has 0 spiro atoms. The maximum absolute atomic E-state index is 11.5. The zero-order valence-electron chi connectivity index (χ0n) is 10.7. The van der Waals surface area contributed by atoms with Crippen LogP contribution in [0, 0.1) is 0 Å². The van der Waals surface area contributed by atoms with Crippen molar-refractivity contribution in [1.29, 1.82) is 0 Å². The van der Waals surface area contributed by atoms with E-state index in [0.717, 1.165) is 5.56 Å². The molecule has 0 saturated carbocycles. The number of hydrogen-bond donors (Lipinski definition) is 1. The lowest BCUT2D eigenvalue weighted by Gasteiger charge is -2.05. The number of ketones is 1. The van der Waals surface area contributed by atoms with Crippen molar-refractivity contribution in [3.63, 3.8) is 0 Å². The van der Waals surface area contributed by atoms with Crippen LogP contribution in [0.1, 0.15) is 25.8 Å². The molecule has 1 aliphatic rings. The van der Waals surface area contributed by atoms with Gasteiger partial charge in [0.2, 0.25) is 5.91 Å². The summed E-state index contributed by atoms with van der Waals surface area (Å²) in [6, 6.07) is 2.80. The highest BCUT2D eigenvalue weighted by Gasteiger charge is 2.12. The number of rotatable bonds is 4. The third kappa shape index (κ3) is 2.90. The lowest BCUT2D eigenvalue weighted by atomic mass is 10.1. The summed E-state index contributed by atoms with van der Waals surface area (Å²) in [4.78, 5) is 41.2. The summed E-state index contributed by atoms with van der Waals surface area (Å²) >= 11 is 0. The van der Waals surface area contributed by atoms with Crippen molar-refractivity contribution in [2.24, 2.45) is 9.98 Å². The van der Waals surface area contributed by atoms with E-state index in [1.165, 1.54) is 6.92 Å². The SMILES string of the molecule is CCc1cc(NC(=O)CC(C)=O)cc2c1=NC(=O)N=2. The van der Waals surface area contributed by atoms with Gasteiger partial charge in [-0.25, -0.2) is 4.79 Å². The summed E-state index contributed by atoms with van der Waals surface area (Å²) < 4.78 is 0. The number of nitrogens with one attached hydrogen (secondary N) is 1. The number of fused-ring (bicyclic) bond motifs is 1. The molecule has 0 unspecified atom stereocenters. The van der Waals surface area contributed by atoms with Crippen molar-refractivity contribution < 1.29 is 14.4 Å². The van der Waals surface area contributed by atoms with Gasteiger partial charge < -0.3 is 5.32 Å². The van der Waals surface area contributed by atoms with Crippen molar-refractivity contribution in [2.75, 3.05) is 5.32 Å². The first-order valence-electron chi connectivity index (χ1n) is 5.93. The average Bonchev–Trinajstić information content (AvgIpc) is 2.66. The molecule has 19 heavy (non-hydrogen) atoms. The Hall–Kier alpha value is -2.37. The number of carbonyl (C=O) groups excluding carboxylic acids is 3. The number of carbonyl (C=O) groups is 3. The van der Waals surface area contributed by atoms with E-state index >= 15 is 0 Å². The van der Waals surface area contributed by atoms with Crippen molar-refractivity contribution in [2.45, 2.75) is 26.7 Å². The van der Waals surface area contributed by atoms with Gasteiger partial charge in [-0.1, -0.05) is 6.92 Å². The Morgan fingerprint density at radius 3 is 2.63 bits per heavy atom. The highest BCUT2D eigenvalue weighted by molar-refractivity contribution is 6.03. The smallest absolute Gasteiger partial charge is 0.326 e. The molecule has 0 bridgehead atoms. The zero-order valence-corrected chi connectivity index (χ0v) is 10.7. The Kier molecular flexibility index (Phi) is 3.50. The van der Waals surface area contributed by atoms with E-state index in [-0.39, 0.29) is 18.1 Å². The third-order valence-corrected chi connectivity index (χ3v) is 2.67. The van der Waals surface area contributed by atoms with Crippen molar-refractivity contribution in [3.8, 4) is 0 Å². The molecule has 2 rings (SSSR count). The maximum atomic E-state index is 11.5. The van der Waals surface area contributed by atoms with Gasteiger partial charge in [-0.3, -0.25) is 9.59 Å². The summed E-state index contributed by atoms with van der Waals surface area (Å²) in [5.41, 5.74) is 1.36. The van der Waals surface area contributed by atoms with Gasteiger partial charge in [0.05, 0.1) is 17.1 Å². The molecule has 0 fully saturated rings. The molecule has 0 aromatic heterocycles. The molecule has 98 valence electrons. The molecular weight excluding hydrogens is 246 g/mol. The maximum Gasteiger partial charge on any atom is 0.368 e. The molecule has 0 atom stereocenters. The highest BCUT2D eigenvalue weighted by atomic mass is 16.2. The van der Waals surface area contributed by atoms with E-state index in [1.807, 2.05) is 6.92 Å². The zero-order chi connectivity index (χ0) is 14.0. The number of amides is 3. The summed E-state index contributed by atoms with van der Waals surface area (Å²) in [6.07, 6.45) is 0.504. The molecule has 1 N–H and O–H groups in total. The normalized spacial score (nSPS) is 12.4. The van der Waals surface area contributed by atoms with Crippen LogP contribution in [0.15, 0.2) is 22.1 Å². The van der Waals surface area contributed by atoms with E-state index in [9.17, 15) is 14.4 Å². The first kappa shape index (κ1) is 13.1. The Morgan fingerprint density at radius 2 is 2.00 bits per heavy atom. The Balaban J connectivity index is 2.36. The number of anilines is 1. The number of aryl methyl sites for hydroxylation is 1. The molecule has 1 aromatic rings. The van der Waals surface area contributed by atoms with Gasteiger partial charge in [0.1, 0.15) is 5.78 Å². The predicted octanol–water partition coefficient (Wildman–Crippen LogP) is 0.539. The molecular formula is C13H13N3O3. The molecule has 0 saturated heterocycles. The van der Waals surface area contributed by atoms with Crippen LogP contribution in [0.2, 0.25) is 0 Å². The highest BCUT2D eigenvalue weighted by Crippen LogP contribution is 2.07. The van der Waals surface area contributed by atoms with Gasteiger partial charge in [-0.05, 0) is 31.0 Å². The van der Waals surface area contributed by atoms with Crippen LogP contribution in [0.25, 0.3) is 0 Å². The molecule has 6 heteroatoms. The molecule has 3 amide bonds. The van der Waals surface area contributed by atoms with Crippen LogP contribution in [-0.2, 0) is 16.0 Å². The van der Waals surface area contributed by atoms with Gasteiger partial charge in [0, 0.05) is 5.69 Å². The Morgan fingerprint density at radius 1 is 1.26 bits per heavy atom. The first-order valence-corrected chi connectivity index (χ1v) is 5.93. The third-order valence-electron chi connectivity index (χ3n) is 2.67. The second-order valence-corrected chi connectivity index (χ2v) is 4.29. The minimum atomic E-state index is -0.531. The van der Waals surface area contributed by atoms with Crippen LogP contribution in [-0.4, -0.2) is 17.7 Å². The fraction of sp³-hybridized carbons (Fsp3) is 0.308. The number of benzene rings is 1.